The summed E-state index contributed by atoms with van der Waals surface area (Å²) in [5, 5.41) is 24.7. The molecule has 1 aliphatic rings. The lowest BCUT2D eigenvalue weighted by molar-refractivity contribution is 0.479. The van der Waals surface area contributed by atoms with E-state index < -0.39 is 0 Å². The lowest BCUT2D eigenvalue weighted by Gasteiger charge is -2.27. The van der Waals surface area contributed by atoms with Crippen LogP contribution in [0.5, 0.6) is 0 Å². The van der Waals surface area contributed by atoms with E-state index in [1.54, 1.807) is 6.20 Å². The Hall–Kier alpha value is -3.04. The fourth-order valence-corrected chi connectivity index (χ4v) is 3.54. The molecule has 1 fully saturated rings. The average molecular weight is 346 g/mol. The van der Waals surface area contributed by atoms with Gasteiger partial charge in [0, 0.05) is 23.8 Å². The van der Waals surface area contributed by atoms with Gasteiger partial charge in [-0.05, 0) is 44.5 Å². The summed E-state index contributed by atoms with van der Waals surface area (Å²) in [4.78, 5) is 0. The van der Waals surface area contributed by atoms with Gasteiger partial charge in [-0.15, -0.1) is 0 Å². The maximum Gasteiger partial charge on any atom is 0.137 e. The third-order valence-electron chi connectivity index (χ3n) is 4.88. The van der Waals surface area contributed by atoms with Crippen LogP contribution in [0.1, 0.15) is 24.0 Å². The number of hydrogen-bond donors (Lipinski definition) is 3. The SMILES string of the molecule is Cc1c(N[C@H]2CCCNC2)c(C#N)c2ccnn2c1Nc1ccccc1. The summed E-state index contributed by atoms with van der Waals surface area (Å²) >= 11 is 0. The van der Waals surface area contributed by atoms with Gasteiger partial charge in [0.15, 0.2) is 0 Å². The van der Waals surface area contributed by atoms with Crippen LogP contribution in [0.3, 0.4) is 0 Å². The van der Waals surface area contributed by atoms with Gasteiger partial charge >= 0.3 is 0 Å². The van der Waals surface area contributed by atoms with Crippen LogP contribution >= 0.6 is 0 Å². The van der Waals surface area contributed by atoms with Crippen LogP contribution in [0.4, 0.5) is 17.2 Å². The predicted molar refractivity (Wildman–Crippen MR) is 104 cm³/mol. The van der Waals surface area contributed by atoms with E-state index in [4.69, 9.17) is 0 Å². The molecule has 0 saturated carbocycles. The van der Waals surface area contributed by atoms with Gasteiger partial charge in [-0.2, -0.15) is 10.4 Å². The Morgan fingerprint density at radius 3 is 2.85 bits per heavy atom. The van der Waals surface area contributed by atoms with Crippen molar-refractivity contribution in [1.29, 1.82) is 5.26 Å². The zero-order chi connectivity index (χ0) is 17.9. The van der Waals surface area contributed by atoms with Crippen LogP contribution in [-0.4, -0.2) is 28.7 Å². The number of para-hydroxylation sites is 1. The first kappa shape index (κ1) is 16.4. The normalized spacial score (nSPS) is 17.0. The van der Waals surface area contributed by atoms with E-state index in [2.05, 4.69) is 27.1 Å². The van der Waals surface area contributed by atoms with Gasteiger partial charge in [0.2, 0.25) is 0 Å². The van der Waals surface area contributed by atoms with Crippen molar-refractivity contribution in [2.75, 3.05) is 23.7 Å². The Labute approximate surface area is 152 Å². The zero-order valence-electron chi connectivity index (χ0n) is 14.8. The minimum absolute atomic E-state index is 0.324. The summed E-state index contributed by atoms with van der Waals surface area (Å²) in [5.41, 5.74) is 4.33. The van der Waals surface area contributed by atoms with Gasteiger partial charge in [0.25, 0.3) is 0 Å². The molecular formula is C20H22N6. The van der Waals surface area contributed by atoms with Crippen molar-refractivity contribution in [3.05, 3.63) is 53.7 Å². The Balaban J connectivity index is 1.82. The molecule has 3 heterocycles. The van der Waals surface area contributed by atoms with Crippen molar-refractivity contribution in [1.82, 2.24) is 14.9 Å². The maximum absolute atomic E-state index is 9.80. The predicted octanol–water partition coefficient (Wildman–Crippen LogP) is 3.42. The summed E-state index contributed by atoms with van der Waals surface area (Å²) in [5.74, 6) is 0.876. The van der Waals surface area contributed by atoms with E-state index in [9.17, 15) is 5.26 Å². The number of benzene rings is 1. The first-order valence-electron chi connectivity index (χ1n) is 8.97. The van der Waals surface area contributed by atoms with Crippen molar-refractivity contribution in [3.8, 4) is 6.07 Å². The van der Waals surface area contributed by atoms with Crippen LogP contribution in [0.2, 0.25) is 0 Å². The smallest absolute Gasteiger partial charge is 0.137 e. The molecule has 1 aromatic carbocycles. The van der Waals surface area contributed by atoms with Crippen LogP contribution in [0.15, 0.2) is 42.6 Å². The Morgan fingerprint density at radius 2 is 2.12 bits per heavy atom. The summed E-state index contributed by atoms with van der Waals surface area (Å²) in [7, 11) is 0. The topological polar surface area (TPSA) is 77.2 Å². The first-order valence-corrected chi connectivity index (χ1v) is 8.97. The highest BCUT2D eigenvalue weighted by molar-refractivity contribution is 5.82. The van der Waals surface area contributed by atoms with E-state index in [0.29, 0.717) is 11.6 Å². The molecule has 0 aliphatic carbocycles. The van der Waals surface area contributed by atoms with Gasteiger partial charge in [0.1, 0.15) is 17.5 Å². The van der Waals surface area contributed by atoms with Gasteiger partial charge < -0.3 is 16.0 Å². The average Bonchev–Trinajstić information content (AvgIpc) is 3.16. The minimum atomic E-state index is 0.324. The fourth-order valence-electron chi connectivity index (χ4n) is 3.54. The molecule has 0 unspecified atom stereocenters. The Kier molecular flexibility index (Phi) is 4.46. The van der Waals surface area contributed by atoms with Crippen molar-refractivity contribution in [2.45, 2.75) is 25.8 Å². The molecule has 4 rings (SSSR count). The monoisotopic (exact) mass is 346 g/mol. The third kappa shape index (κ3) is 2.98. The summed E-state index contributed by atoms with van der Waals surface area (Å²) in [6, 6.07) is 14.6. The highest BCUT2D eigenvalue weighted by Crippen LogP contribution is 2.33. The lowest BCUT2D eigenvalue weighted by atomic mass is 10.0. The second-order valence-electron chi connectivity index (χ2n) is 6.64. The molecule has 26 heavy (non-hydrogen) atoms. The maximum atomic E-state index is 9.80. The molecule has 0 radical (unpaired) electrons. The van der Waals surface area contributed by atoms with E-state index in [1.165, 1.54) is 0 Å². The molecular weight excluding hydrogens is 324 g/mol. The van der Waals surface area contributed by atoms with Gasteiger partial charge in [-0.25, -0.2) is 4.52 Å². The summed E-state index contributed by atoms with van der Waals surface area (Å²) in [6.07, 6.45) is 3.98. The van der Waals surface area contributed by atoms with Crippen molar-refractivity contribution in [2.24, 2.45) is 0 Å². The molecule has 6 nitrogen and oxygen atoms in total. The number of nitrogens with zero attached hydrogens (tertiary/aromatic N) is 3. The van der Waals surface area contributed by atoms with Crippen LogP contribution in [0, 0.1) is 18.3 Å². The molecule has 0 amide bonds. The third-order valence-corrected chi connectivity index (χ3v) is 4.88. The number of aromatic nitrogens is 2. The Bertz CT molecular complexity index is 948. The van der Waals surface area contributed by atoms with E-state index in [-0.39, 0.29) is 0 Å². The highest BCUT2D eigenvalue weighted by atomic mass is 15.3. The first-order chi connectivity index (χ1) is 12.8. The Morgan fingerprint density at radius 1 is 1.27 bits per heavy atom. The zero-order valence-corrected chi connectivity index (χ0v) is 14.8. The van der Waals surface area contributed by atoms with Crippen molar-refractivity contribution in [3.63, 3.8) is 0 Å². The number of nitriles is 1. The van der Waals surface area contributed by atoms with Gasteiger partial charge in [0.05, 0.1) is 17.4 Å². The molecule has 2 aromatic heterocycles. The van der Waals surface area contributed by atoms with E-state index in [0.717, 1.165) is 54.2 Å². The molecule has 132 valence electrons. The molecule has 3 N–H and O–H groups in total. The molecule has 1 aliphatic heterocycles. The van der Waals surface area contributed by atoms with E-state index >= 15 is 0 Å². The molecule has 6 heteroatoms. The number of anilines is 3. The summed E-state index contributed by atoms with van der Waals surface area (Å²) < 4.78 is 1.81. The van der Waals surface area contributed by atoms with Crippen molar-refractivity contribution < 1.29 is 0 Å². The molecule has 0 bridgehead atoms. The quantitative estimate of drug-likeness (QED) is 0.675. The standard InChI is InChI=1S/C20H22N6/c1-14-19(24-16-8-5-10-22-13-16)17(12-21)18-9-11-23-26(18)20(14)25-15-6-3-2-4-7-15/h2-4,6-7,9,11,16,22,24-25H,5,8,10,13H2,1H3/t16-/m0/s1. The molecule has 1 atom stereocenters. The number of rotatable bonds is 4. The largest absolute Gasteiger partial charge is 0.380 e. The summed E-state index contributed by atoms with van der Waals surface area (Å²) in [6.45, 7) is 4.01. The second kappa shape index (κ2) is 7.06. The van der Waals surface area contributed by atoms with Crippen molar-refractivity contribution >= 4 is 22.7 Å². The number of fused-ring (bicyclic) bond motifs is 1. The van der Waals surface area contributed by atoms with Crippen LogP contribution in [0.25, 0.3) is 5.52 Å². The number of piperidine rings is 1. The number of hydrogen-bond acceptors (Lipinski definition) is 5. The second-order valence-corrected chi connectivity index (χ2v) is 6.64. The minimum Gasteiger partial charge on any atom is -0.380 e. The molecule has 3 aromatic rings. The van der Waals surface area contributed by atoms with Crippen LogP contribution < -0.4 is 16.0 Å². The highest BCUT2D eigenvalue weighted by Gasteiger charge is 2.21. The fraction of sp³-hybridized carbons (Fsp3) is 0.300. The number of pyridine rings is 1. The molecule has 0 spiro atoms. The van der Waals surface area contributed by atoms with E-state index in [1.807, 2.05) is 47.8 Å². The van der Waals surface area contributed by atoms with Gasteiger partial charge in [-0.3, -0.25) is 0 Å². The van der Waals surface area contributed by atoms with Crippen LogP contribution in [-0.2, 0) is 0 Å². The number of nitrogens with one attached hydrogen (secondary N) is 3. The lowest BCUT2D eigenvalue weighted by Crippen LogP contribution is -2.38. The van der Waals surface area contributed by atoms with Gasteiger partial charge in [-0.1, -0.05) is 18.2 Å². The molecule has 1 saturated heterocycles.